The monoisotopic (exact) mass is 369 g/mol. The third-order valence-electron chi connectivity index (χ3n) is 3.92. The first-order valence-corrected chi connectivity index (χ1v) is 8.28. The lowest BCUT2D eigenvalue weighted by molar-refractivity contribution is -0.115. The molecule has 0 saturated carbocycles. The average molecular weight is 370 g/mol. The molecular formula is C19H16ClN3O3. The van der Waals surface area contributed by atoms with Crippen LogP contribution < -0.4 is 16.1 Å². The number of aryl methyl sites for hydroxylation is 1. The third-order valence-corrected chi connectivity index (χ3v) is 4.15. The number of fused-ring (bicyclic) bond motifs is 1. The predicted molar refractivity (Wildman–Crippen MR) is 102 cm³/mol. The summed E-state index contributed by atoms with van der Waals surface area (Å²) in [5.74, 6) is -1.03. The van der Waals surface area contributed by atoms with Crippen LogP contribution >= 0.6 is 11.6 Å². The Balaban J connectivity index is 1.69. The van der Waals surface area contributed by atoms with Gasteiger partial charge in [0.25, 0.3) is 5.91 Å². The van der Waals surface area contributed by atoms with Crippen LogP contribution in [-0.4, -0.2) is 23.3 Å². The minimum atomic E-state index is -0.616. The van der Waals surface area contributed by atoms with E-state index in [0.717, 1.165) is 5.56 Å². The number of carbonyl (C=O) groups is 2. The van der Waals surface area contributed by atoms with Crippen LogP contribution in [0.5, 0.6) is 0 Å². The number of hydrogen-bond acceptors (Lipinski definition) is 3. The molecule has 0 spiro atoms. The van der Waals surface area contributed by atoms with Gasteiger partial charge in [-0.3, -0.25) is 14.4 Å². The summed E-state index contributed by atoms with van der Waals surface area (Å²) in [6.07, 6.45) is 1.35. The van der Waals surface area contributed by atoms with Crippen molar-refractivity contribution in [3.05, 3.63) is 75.0 Å². The van der Waals surface area contributed by atoms with Crippen molar-refractivity contribution in [2.75, 3.05) is 11.9 Å². The van der Waals surface area contributed by atoms with E-state index in [1.165, 1.54) is 6.20 Å². The maximum absolute atomic E-state index is 12.4. The quantitative estimate of drug-likeness (QED) is 0.660. The normalized spacial score (nSPS) is 10.5. The van der Waals surface area contributed by atoms with E-state index in [9.17, 15) is 14.4 Å². The molecule has 0 unspecified atom stereocenters. The highest BCUT2D eigenvalue weighted by Crippen LogP contribution is 2.19. The Morgan fingerprint density at radius 1 is 1.15 bits per heavy atom. The topological polar surface area (TPSA) is 91.1 Å². The molecule has 0 aliphatic heterocycles. The van der Waals surface area contributed by atoms with Crippen molar-refractivity contribution in [2.45, 2.75) is 6.92 Å². The number of rotatable bonds is 4. The van der Waals surface area contributed by atoms with Crippen molar-refractivity contribution < 1.29 is 9.59 Å². The molecule has 3 rings (SSSR count). The molecule has 2 amide bonds. The molecule has 0 fully saturated rings. The number of halogens is 1. The maximum Gasteiger partial charge on any atom is 0.257 e. The lowest BCUT2D eigenvalue weighted by Gasteiger charge is -2.10. The number of pyridine rings is 1. The Morgan fingerprint density at radius 2 is 1.92 bits per heavy atom. The SMILES string of the molecule is Cc1ccc(Cl)cc1NC(=O)CNC(=O)c1c[nH]c2ccccc2c1=O. The van der Waals surface area contributed by atoms with E-state index in [0.29, 0.717) is 21.6 Å². The third kappa shape index (κ3) is 3.75. The fourth-order valence-electron chi connectivity index (χ4n) is 2.52. The van der Waals surface area contributed by atoms with Gasteiger partial charge in [-0.15, -0.1) is 0 Å². The summed E-state index contributed by atoms with van der Waals surface area (Å²) >= 11 is 5.91. The zero-order chi connectivity index (χ0) is 18.7. The van der Waals surface area contributed by atoms with Gasteiger partial charge >= 0.3 is 0 Å². The lowest BCUT2D eigenvalue weighted by atomic mass is 10.1. The van der Waals surface area contributed by atoms with Crippen LogP contribution in [0.15, 0.2) is 53.5 Å². The second-order valence-corrected chi connectivity index (χ2v) is 6.20. The first kappa shape index (κ1) is 17.7. The van der Waals surface area contributed by atoms with Crippen LogP contribution in [0.4, 0.5) is 5.69 Å². The van der Waals surface area contributed by atoms with Gasteiger partial charge in [0, 0.05) is 27.8 Å². The molecule has 0 radical (unpaired) electrons. The highest BCUT2D eigenvalue weighted by atomic mass is 35.5. The van der Waals surface area contributed by atoms with Gasteiger partial charge in [-0.05, 0) is 36.8 Å². The molecule has 0 atom stereocenters. The van der Waals surface area contributed by atoms with E-state index in [1.807, 2.05) is 6.92 Å². The van der Waals surface area contributed by atoms with Crippen LogP contribution in [0, 0.1) is 6.92 Å². The fraction of sp³-hybridized carbons (Fsp3) is 0.105. The molecular weight excluding hydrogens is 354 g/mol. The van der Waals surface area contributed by atoms with Gasteiger partial charge in [0.1, 0.15) is 5.56 Å². The highest BCUT2D eigenvalue weighted by Gasteiger charge is 2.14. The van der Waals surface area contributed by atoms with Gasteiger partial charge in [-0.25, -0.2) is 0 Å². The number of aromatic amines is 1. The van der Waals surface area contributed by atoms with Crippen LogP contribution in [0.3, 0.4) is 0 Å². The number of hydrogen-bond donors (Lipinski definition) is 3. The largest absolute Gasteiger partial charge is 0.360 e. The smallest absolute Gasteiger partial charge is 0.257 e. The van der Waals surface area contributed by atoms with E-state index in [-0.39, 0.29) is 17.5 Å². The van der Waals surface area contributed by atoms with Crippen molar-refractivity contribution in [1.29, 1.82) is 0 Å². The first-order valence-electron chi connectivity index (χ1n) is 7.90. The summed E-state index contributed by atoms with van der Waals surface area (Å²) in [5, 5.41) is 6.05. The van der Waals surface area contributed by atoms with Crippen molar-refractivity contribution in [3.63, 3.8) is 0 Å². The van der Waals surface area contributed by atoms with Gasteiger partial charge in [-0.2, -0.15) is 0 Å². The van der Waals surface area contributed by atoms with Crippen LogP contribution in [0.25, 0.3) is 10.9 Å². The average Bonchev–Trinajstić information content (AvgIpc) is 2.63. The Morgan fingerprint density at radius 3 is 2.73 bits per heavy atom. The fourth-order valence-corrected chi connectivity index (χ4v) is 2.69. The molecule has 1 heterocycles. The van der Waals surface area contributed by atoms with E-state index < -0.39 is 11.8 Å². The van der Waals surface area contributed by atoms with E-state index >= 15 is 0 Å². The molecule has 0 aliphatic carbocycles. The number of anilines is 1. The maximum atomic E-state index is 12.4. The van der Waals surface area contributed by atoms with Crippen molar-refractivity contribution in [1.82, 2.24) is 10.3 Å². The molecule has 6 nitrogen and oxygen atoms in total. The van der Waals surface area contributed by atoms with Crippen LogP contribution in [0.2, 0.25) is 5.02 Å². The molecule has 26 heavy (non-hydrogen) atoms. The minimum Gasteiger partial charge on any atom is -0.360 e. The number of benzene rings is 2. The summed E-state index contributed by atoms with van der Waals surface area (Å²) in [7, 11) is 0. The highest BCUT2D eigenvalue weighted by molar-refractivity contribution is 6.31. The predicted octanol–water partition coefficient (Wildman–Crippen LogP) is 2.86. The zero-order valence-corrected chi connectivity index (χ0v) is 14.7. The Labute approximate surface area is 154 Å². The molecule has 7 heteroatoms. The summed E-state index contributed by atoms with van der Waals surface area (Å²) in [6, 6.07) is 12.0. The first-order chi connectivity index (χ1) is 12.5. The van der Waals surface area contributed by atoms with Crippen LogP contribution in [-0.2, 0) is 4.79 Å². The summed E-state index contributed by atoms with van der Waals surface area (Å²) in [4.78, 5) is 39.6. The van der Waals surface area contributed by atoms with Crippen molar-refractivity contribution in [2.24, 2.45) is 0 Å². The van der Waals surface area contributed by atoms with Gasteiger partial charge in [0.2, 0.25) is 11.3 Å². The summed E-state index contributed by atoms with van der Waals surface area (Å²) in [5.41, 5.74) is 1.63. The second kappa shape index (κ2) is 7.41. The molecule has 2 aromatic carbocycles. The Bertz CT molecular complexity index is 1060. The van der Waals surface area contributed by atoms with Crippen LogP contribution in [0.1, 0.15) is 15.9 Å². The molecule has 3 N–H and O–H groups in total. The van der Waals surface area contributed by atoms with E-state index in [4.69, 9.17) is 11.6 Å². The van der Waals surface area contributed by atoms with Gasteiger partial charge in [-0.1, -0.05) is 29.8 Å². The van der Waals surface area contributed by atoms with Gasteiger partial charge < -0.3 is 15.6 Å². The number of nitrogens with one attached hydrogen (secondary N) is 3. The molecule has 0 bridgehead atoms. The van der Waals surface area contributed by atoms with Gasteiger partial charge in [0.05, 0.1) is 6.54 Å². The molecule has 3 aromatic rings. The minimum absolute atomic E-state index is 0.0459. The number of H-pyrrole nitrogens is 1. The number of amides is 2. The number of carbonyl (C=O) groups excluding carboxylic acids is 2. The lowest BCUT2D eigenvalue weighted by Crippen LogP contribution is -2.35. The number of para-hydroxylation sites is 1. The van der Waals surface area contributed by atoms with E-state index in [2.05, 4.69) is 15.6 Å². The molecule has 0 aliphatic rings. The summed E-state index contributed by atoms with van der Waals surface area (Å²) in [6.45, 7) is 1.57. The Hall–Kier alpha value is -3.12. The second-order valence-electron chi connectivity index (χ2n) is 5.77. The van der Waals surface area contributed by atoms with Crippen molar-refractivity contribution in [3.8, 4) is 0 Å². The van der Waals surface area contributed by atoms with Gasteiger partial charge in [0.15, 0.2) is 0 Å². The molecule has 132 valence electrons. The molecule has 0 saturated heterocycles. The molecule has 1 aromatic heterocycles. The van der Waals surface area contributed by atoms with Crippen molar-refractivity contribution >= 4 is 40.0 Å². The zero-order valence-electron chi connectivity index (χ0n) is 13.9. The summed E-state index contributed by atoms with van der Waals surface area (Å²) < 4.78 is 0. The standard InChI is InChI=1S/C19H16ClN3O3/c1-11-6-7-12(20)8-16(11)23-17(24)10-22-19(26)14-9-21-15-5-3-2-4-13(15)18(14)25/h2-9H,10H2,1H3,(H,21,25)(H,22,26)(H,23,24). The number of aromatic nitrogens is 1. The van der Waals surface area contributed by atoms with E-state index in [1.54, 1.807) is 42.5 Å². The Kier molecular flexibility index (Phi) is 5.04.